The van der Waals surface area contributed by atoms with Crippen molar-refractivity contribution in [2.75, 3.05) is 57.9 Å². The third-order valence-corrected chi connectivity index (χ3v) is 5.18. The van der Waals surface area contributed by atoms with E-state index < -0.39 is 6.09 Å². The minimum atomic E-state index is -1.05. The summed E-state index contributed by atoms with van der Waals surface area (Å²) in [4.78, 5) is 15.0. The van der Waals surface area contributed by atoms with Gasteiger partial charge in [-0.05, 0) is 24.3 Å². The molecule has 1 saturated heterocycles. The number of hydrogen-bond donors (Lipinski definition) is 4. The summed E-state index contributed by atoms with van der Waals surface area (Å²) >= 11 is 1.53. The molecule has 0 saturated carbocycles. The van der Waals surface area contributed by atoms with Crippen LogP contribution in [0.3, 0.4) is 0 Å². The average Bonchev–Trinajstić information content (AvgIpc) is 2.74. The summed E-state index contributed by atoms with van der Waals surface area (Å²) in [5.74, 6) is 0. The van der Waals surface area contributed by atoms with Gasteiger partial charge in [0.1, 0.15) is 0 Å². The molecule has 158 valence electrons. The molecule has 0 unspecified atom stereocenters. The highest BCUT2D eigenvalue weighted by Gasteiger charge is 2.08. The second-order valence-corrected chi connectivity index (χ2v) is 7.38. The number of hydrogen-bond acceptors (Lipinski definition) is 6. The molecule has 0 radical (unpaired) electrons. The number of carboxylic acid groups (broad SMARTS) is 1. The van der Waals surface area contributed by atoms with Crippen molar-refractivity contribution in [3.8, 4) is 0 Å². The van der Waals surface area contributed by atoms with Gasteiger partial charge in [-0.25, -0.2) is 4.79 Å². The largest absolute Gasteiger partial charge is 0.465 e. The van der Waals surface area contributed by atoms with Crippen LogP contribution in [0.2, 0.25) is 0 Å². The van der Waals surface area contributed by atoms with Crippen LogP contribution in [0.15, 0.2) is 64.4 Å². The van der Waals surface area contributed by atoms with E-state index in [0.717, 1.165) is 49.1 Å². The van der Waals surface area contributed by atoms with Gasteiger partial charge in [0.05, 0.1) is 25.5 Å². The van der Waals surface area contributed by atoms with Crippen LogP contribution in [-0.4, -0.2) is 73.8 Å². The van der Waals surface area contributed by atoms with Crippen LogP contribution in [0.1, 0.15) is 0 Å². The molecule has 1 aliphatic heterocycles. The Balaban J connectivity index is 0.000000221. The SMILES string of the molecule is O=C(O)Nc1ccccc1Sc1ccccc1.OCCOCCN1CCNCC1. The van der Waals surface area contributed by atoms with Crippen LogP contribution in [0.4, 0.5) is 10.5 Å². The number of anilines is 1. The first-order valence-corrected chi connectivity index (χ1v) is 10.4. The molecular formula is C21H29N3O4S. The summed E-state index contributed by atoms with van der Waals surface area (Å²) in [6.45, 7) is 6.71. The lowest BCUT2D eigenvalue weighted by atomic mass is 10.3. The van der Waals surface area contributed by atoms with Gasteiger partial charge < -0.3 is 20.3 Å². The number of carbonyl (C=O) groups is 1. The van der Waals surface area contributed by atoms with Crippen LogP contribution in [0, 0.1) is 0 Å². The number of ether oxygens (including phenoxy) is 1. The Morgan fingerprint density at radius 1 is 1.07 bits per heavy atom. The number of aliphatic hydroxyl groups is 1. The maximum Gasteiger partial charge on any atom is 0.409 e. The minimum absolute atomic E-state index is 0.127. The Morgan fingerprint density at radius 3 is 2.45 bits per heavy atom. The monoisotopic (exact) mass is 419 g/mol. The molecule has 29 heavy (non-hydrogen) atoms. The third-order valence-electron chi connectivity index (χ3n) is 4.10. The molecule has 4 N–H and O–H groups in total. The number of benzene rings is 2. The van der Waals surface area contributed by atoms with E-state index in [1.807, 2.05) is 42.5 Å². The van der Waals surface area contributed by atoms with Gasteiger partial charge in [-0.1, -0.05) is 42.1 Å². The van der Waals surface area contributed by atoms with Gasteiger partial charge >= 0.3 is 6.09 Å². The Labute approximate surface area is 176 Å². The van der Waals surface area contributed by atoms with Gasteiger partial charge in [-0.15, -0.1) is 0 Å². The summed E-state index contributed by atoms with van der Waals surface area (Å²) in [5.41, 5.74) is 0.605. The number of nitrogens with one attached hydrogen (secondary N) is 2. The second kappa shape index (κ2) is 14.0. The highest BCUT2D eigenvalue weighted by Crippen LogP contribution is 2.32. The molecule has 0 bridgehead atoms. The molecule has 7 nitrogen and oxygen atoms in total. The second-order valence-electron chi connectivity index (χ2n) is 6.27. The Bertz CT molecular complexity index is 712. The predicted molar refractivity (Wildman–Crippen MR) is 116 cm³/mol. The summed E-state index contributed by atoms with van der Waals surface area (Å²) < 4.78 is 5.17. The van der Waals surface area contributed by atoms with E-state index in [9.17, 15) is 4.79 Å². The van der Waals surface area contributed by atoms with Crippen molar-refractivity contribution >= 4 is 23.5 Å². The average molecular weight is 420 g/mol. The van der Waals surface area contributed by atoms with Crippen molar-refractivity contribution in [3.63, 3.8) is 0 Å². The molecule has 1 amide bonds. The van der Waals surface area contributed by atoms with E-state index in [-0.39, 0.29) is 6.61 Å². The maximum absolute atomic E-state index is 10.7. The number of aliphatic hydroxyl groups excluding tert-OH is 1. The molecule has 0 aromatic heterocycles. The molecular weight excluding hydrogens is 390 g/mol. The van der Waals surface area contributed by atoms with Gasteiger partial charge in [-0.3, -0.25) is 10.2 Å². The van der Waals surface area contributed by atoms with Gasteiger partial charge in [0.2, 0.25) is 0 Å². The standard InChI is InChI=1S/C13H11NO2S.C8H18N2O2/c15-13(16)14-11-8-4-5-9-12(11)17-10-6-2-1-3-7-10;11-6-8-12-7-5-10-3-1-9-2-4-10/h1-9,14H,(H,15,16);9,11H,1-8H2. The first kappa shape index (κ1) is 23.2. The first-order chi connectivity index (χ1) is 14.2. The van der Waals surface area contributed by atoms with Crippen LogP contribution in [-0.2, 0) is 4.74 Å². The predicted octanol–water partition coefficient (Wildman–Crippen LogP) is 2.83. The number of amides is 1. The fourth-order valence-corrected chi connectivity index (χ4v) is 3.61. The molecule has 2 aromatic rings. The van der Waals surface area contributed by atoms with Crippen LogP contribution < -0.4 is 10.6 Å². The molecule has 0 spiro atoms. The highest BCUT2D eigenvalue weighted by molar-refractivity contribution is 7.99. The summed E-state index contributed by atoms with van der Waals surface area (Å²) in [5, 5.41) is 22.9. The Morgan fingerprint density at radius 2 is 1.76 bits per heavy atom. The number of para-hydroxylation sites is 1. The van der Waals surface area contributed by atoms with E-state index in [0.29, 0.717) is 12.3 Å². The molecule has 0 aliphatic carbocycles. The van der Waals surface area contributed by atoms with Gasteiger partial charge in [0.15, 0.2) is 0 Å². The fourth-order valence-electron chi connectivity index (χ4n) is 2.68. The lowest BCUT2D eigenvalue weighted by Crippen LogP contribution is -2.44. The van der Waals surface area contributed by atoms with Crippen molar-refractivity contribution < 1.29 is 19.7 Å². The van der Waals surface area contributed by atoms with Crippen LogP contribution in [0.25, 0.3) is 0 Å². The normalized spacial score (nSPS) is 14.0. The first-order valence-electron chi connectivity index (χ1n) is 9.62. The fraction of sp³-hybridized carbons (Fsp3) is 0.381. The van der Waals surface area contributed by atoms with E-state index in [1.165, 1.54) is 11.8 Å². The Hall–Kier alpha value is -2.10. The lowest BCUT2D eigenvalue weighted by molar-refractivity contribution is 0.0710. The van der Waals surface area contributed by atoms with Crippen molar-refractivity contribution in [2.45, 2.75) is 9.79 Å². The molecule has 8 heteroatoms. The zero-order valence-electron chi connectivity index (χ0n) is 16.4. The molecule has 1 heterocycles. The van der Waals surface area contributed by atoms with Crippen LogP contribution in [0.5, 0.6) is 0 Å². The van der Waals surface area contributed by atoms with E-state index >= 15 is 0 Å². The number of rotatable bonds is 8. The van der Waals surface area contributed by atoms with E-state index in [1.54, 1.807) is 12.1 Å². The van der Waals surface area contributed by atoms with E-state index in [2.05, 4.69) is 15.5 Å². The topological polar surface area (TPSA) is 94.1 Å². The van der Waals surface area contributed by atoms with Crippen molar-refractivity contribution in [1.29, 1.82) is 0 Å². The molecule has 1 aliphatic rings. The van der Waals surface area contributed by atoms with E-state index in [4.69, 9.17) is 14.9 Å². The molecule has 2 aromatic carbocycles. The smallest absolute Gasteiger partial charge is 0.409 e. The summed E-state index contributed by atoms with van der Waals surface area (Å²) in [6.07, 6.45) is -1.05. The third kappa shape index (κ3) is 9.78. The maximum atomic E-state index is 10.7. The zero-order valence-corrected chi connectivity index (χ0v) is 17.2. The van der Waals surface area contributed by atoms with Gasteiger partial charge in [0, 0.05) is 42.5 Å². The summed E-state index contributed by atoms with van der Waals surface area (Å²) in [6, 6.07) is 17.2. The molecule has 0 atom stereocenters. The van der Waals surface area contributed by atoms with Crippen molar-refractivity contribution in [3.05, 3.63) is 54.6 Å². The molecule has 3 rings (SSSR count). The van der Waals surface area contributed by atoms with Crippen molar-refractivity contribution in [2.24, 2.45) is 0 Å². The molecule has 1 fully saturated rings. The van der Waals surface area contributed by atoms with Gasteiger partial charge in [-0.2, -0.15) is 0 Å². The Kier molecular flexibility index (Phi) is 11.2. The number of nitrogens with zero attached hydrogens (tertiary/aromatic N) is 1. The lowest BCUT2D eigenvalue weighted by Gasteiger charge is -2.26. The number of piperazine rings is 1. The minimum Gasteiger partial charge on any atom is -0.465 e. The van der Waals surface area contributed by atoms with Crippen LogP contribution >= 0.6 is 11.8 Å². The zero-order chi connectivity index (χ0) is 20.7. The van der Waals surface area contributed by atoms with Gasteiger partial charge in [0.25, 0.3) is 0 Å². The summed E-state index contributed by atoms with van der Waals surface area (Å²) in [7, 11) is 0. The highest BCUT2D eigenvalue weighted by atomic mass is 32.2. The quantitative estimate of drug-likeness (QED) is 0.489. The van der Waals surface area contributed by atoms with Crippen molar-refractivity contribution in [1.82, 2.24) is 10.2 Å².